The predicted molar refractivity (Wildman–Crippen MR) is 172 cm³/mol. The highest BCUT2D eigenvalue weighted by molar-refractivity contribution is 5.88. The number of carbonyl (C=O) groups excluding carboxylic acids is 1. The quantitative estimate of drug-likeness (QED) is 0.132. The van der Waals surface area contributed by atoms with Crippen molar-refractivity contribution in [1.29, 1.82) is 0 Å². The minimum absolute atomic E-state index is 0.138. The van der Waals surface area contributed by atoms with E-state index >= 15 is 0 Å². The van der Waals surface area contributed by atoms with Crippen molar-refractivity contribution in [3.63, 3.8) is 0 Å². The summed E-state index contributed by atoms with van der Waals surface area (Å²) in [6, 6.07) is 29.3. The fraction of sp³-hybridized carbons (Fsp3) is 0.270. The van der Waals surface area contributed by atoms with Gasteiger partial charge in [-0.15, -0.1) is 0 Å². The van der Waals surface area contributed by atoms with Crippen molar-refractivity contribution in [3.8, 4) is 28.9 Å². The molecule has 0 atom stereocenters. The summed E-state index contributed by atoms with van der Waals surface area (Å²) in [5, 5.41) is 0.956. The zero-order valence-corrected chi connectivity index (χ0v) is 26.2. The molecule has 0 N–H and O–H groups in total. The Morgan fingerprint density at radius 1 is 0.766 bits per heavy atom. The fourth-order valence-corrected chi connectivity index (χ4v) is 5.74. The molecule has 0 saturated carbocycles. The van der Waals surface area contributed by atoms with Gasteiger partial charge in [0.2, 0.25) is 12.7 Å². The largest absolute Gasteiger partial charge is 0.489 e. The maximum Gasteiger partial charge on any atom is 0.344 e. The highest BCUT2D eigenvalue weighted by Crippen LogP contribution is 2.44. The van der Waals surface area contributed by atoms with E-state index in [0.29, 0.717) is 37.0 Å². The molecule has 0 bridgehead atoms. The van der Waals surface area contributed by atoms with E-state index in [9.17, 15) is 4.79 Å². The molecule has 2 aliphatic heterocycles. The molecule has 242 valence electrons. The van der Waals surface area contributed by atoms with E-state index in [-0.39, 0.29) is 26.8 Å². The summed E-state index contributed by atoms with van der Waals surface area (Å²) in [6.45, 7) is 5.02. The van der Waals surface area contributed by atoms with Gasteiger partial charge in [-0.2, -0.15) is 0 Å². The Morgan fingerprint density at radius 2 is 1.51 bits per heavy atom. The first kappa shape index (κ1) is 30.5. The molecule has 0 aliphatic carbocycles. The lowest BCUT2D eigenvalue weighted by Gasteiger charge is -2.43. The van der Waals surface area contributed by atoms with E-state index in [1.165, 1.54) is 0 Å². The third-order valence-corrected chi connectivity index (χ3v) is 8.12. The number of benzene rings is 4. The van der Waals surface area contributed by atoms with Gasteiger partial charge in [0.15, 0.2) is 24.9 Å². The van der Waals surface area contributed by atoms with Crippen LogP contribution in [0, 0.1) is 6.92 Å². The van der Waals surface area contributed by atoms with Crippen LogP contribution < -0.4 is 23.7 Å². The molecule has 4 aromatic carbocycles. The van der Waals surface area contributed by atoms with E-state index in [1.54, 1.807) is 6.92 Å². The van der Waals surface area contributed by atoms with Gasteiger partial charge in [-0.3, -0.25) is 4.57 Å². The molecule has 7 rings (SSSR count). The van der Waals surface area contributed by atoms with Crippen LogP contribution in [0.1, 0.15) is 29.2 Å². The molecule has 0 unspecified atom stereocenters. The predicted octanol–water partition coefficient (Wildman–Crippen LogP) is 6.64. The van der Waals surface area contributed by atoms with Gasteiger partial charge in [0, 0.05) is 17.4 Å². The molecule has 5 aromatic rings. The van der Waals surface area contributed by atoms with Crippen LogP contribution in [0.5, 0.6) is 28.9 Å². The molecule has 10 heteroatoms. The topological polar surface area (TPSA) is 95.8 Å². The number of hydrogen-bond acceptors (Lipinski definition) is 9. The normalized spacial score (nSPS) is 14.4. The average Bonchev–Trinajstić information content (AvgIpc) is 3.66. The highest BCUT2D eigenvalue weighted by atomic mass is 16.9. The summed E-state index contributed by atoms with van der Waals surface area (Å²) in [7, 11) is 0. The zero-order chi connectivity index (χ0) is 32.2. The summed E-state index contributed by atoms with van der Waals surface area (Å²) < 4.78 is 48.8. The SMILES string of the molecule is CCOC(=O)COc1ccc(CC2(n3c(OCc4ccc5c(c4)OCO5)c(C)c4cc(OCc5ccccc5)ccc43)OCO2)cc1. The van der Waals surface area contributed by atoms with E-state index in [4.69, 9.17) is 37.9 Å². The van der Waals surface area contributed by atoms with E-state index < -0.39 is 11.9 Å². The van der Waals surface area contributed by atoms with Crippen LogP contribution >= 0.6 is 0 Å². The van der Waals surface area contributed by atoms with Crippen molar-refractivity contribution in [2.45, 2.75) is 39.4 Å². The van der Waals surface area contributed by atoms with Gasteiger partial charge in [0.25, 0.3) is 5.91 Å². The van der Waals surface area contributed by atoms with E-state index in [0.717, 1.165) is 44.7 Å². The van der Waals surface area contributed by atoms with Crippen molar-refractivity contribution in [1.82, 2.24) is 4.57 Å². The molecule has 0 amide bonds. The minimum atomic E-state index is -1.16. The Balaban J connectivity index is 1.19. The maximum absolute atomic E-state index is 11.7. The number of aromatic nitrogens is 1. The number of nitrogens with zero attached hydrogens (tertiary/aromatic N) is 1. The Bertz CT molecular complexity index is 1860. The van der Waals surface area contributed by atoms with Crippen molar-refractivity contribution in [2.75, 3.05) is 26.8 Å². The molecular weight excluding hydrogens is 602 g/mol. The molecule has 2 aliphatic rings. The third-order valence-electron chi connectivity index (χ3n) is 8.12. The molecule has 0 spiro atoms. The Hall–Kier alpha value is -5.19. The van der Waals surface area contributed by atoms with Crippen molar-refractivity contribution >= 4 is 16.9 Å². The van der Waals surface area contributed by atoms with Gasteiger partial charge in [0.05, 0.1) is 12.1 Å². The smallest absolute Gasteiger partial charge is 0.344 e. The van der Waals surface area contributed by atoms with Crippen LogP contribution in [0.25, 0.3) is 10.9 Å². The number of rotatable bonds is 13. The summed E-state index contributed by atoms with van der Waals surface area (Å²) >= 11 is 0. The van der Waals surface area contributed by atoms with Gasteiger partial charge in [-0.25, -0.2) is 4.79 Å². The molecule has 47 heavy (non-hydrogen) atoms. The summed E-state index contributed by atoms with van der Waals surface area (Å²) in [5.74, 6) is 1.76. The summed E-state index contributed by atoms with van der Waals surface area (Å²) in [4.78, 5) is 11.7. The third kappa shape index (κ3) is 6.43. The lowest BCUT2D eigenvalue weighted by Crippen LogP contribution is -2.50. The first-order valence-corrected chi connectivity index (χ1v) is 15.5. The van der Waals surface area contributed by atoms with Crippen LogP contribution in [0.15, 0.2) is 91.0 Å². The van der Waals surface area contributed by atoms with Crippen molar-refractivity contribution in [2.24, 2.45) is 0 Å². The summed E-state index contributed by atoms with van der Waals surface area (Å²) in [6.07, 6.45) is 0.390. The summed E-state index contributed by atoms with van der Waals surface area (Å²) in [5.41, 5.74) is 4.76. The van der Waals surface area contributed by atoms with Gasteiger partial charge in [-0.1, -0.05) is 48.5 Å². The Kier molecular flexibility index (Phi) is 8.60. The van der Waals surface area contributed by atoms with Crippen molar-refractivity contribution in [3.05, 3.63) is 113 Å². The first-order chi connectivity index (χ1) is 23.0. The van der Waals surface area contributed by atoms with Crippen molar-refractivity contribution < 1.29 is 42.7 Å². The van der Waals surface area contributed by atoms with Crippen LogP contribution in [0.4, 0.5) is 0 Å². The van der Waals surface area contributed by atoms with Crippen LogP contribution in [0.3, 0.4) is 0 Å². The van der Waals surface area contributed by atoms with E-state index in [2.05, 4.69) is 0 Å². The monoisotopic (exact) mass is 637 g/mol. The second kappa shape index (κ2) is 13.3. The number of esters is 1. The Labute approximate surface area is 272 Å². The van der Waals surface area contributed by atoms with Gasteiger partial charge in [-0.05, 0) is 73.0 Å². The second-order valence-corrected chi connectivity index (χ2v) is 11.2. The van der Waals surface area contributed by atoms with Crippen LogP contribution in [-0.2, 0) is 44.6 Å². The molecule has 1 aromatic heterocycles. The van der Waals surface area contributed by atoms with Crippen LogP contribution in [-0.4, -0.2) is 37.3 Å². The molecule has 1 fully saturated rings. The van der Waals surface area contributed by atoms with Gasteiger partial charge in [0.1, 0.15) is 24.7 Å². The van der Waals surface area contributed by atoms with Gasteiger partial charge < -0.3 is 37.9 Å². The lowest BCUT2D eigenvalue weighted by molar-refractivity contribution is -0.444. The van der Waals surface area contributed by atoms with E-state index in [1.807, 2.05) is 102 Å². The molecular formula is C37H35NO9. The fourth-order valence-electron chi connectivity index (χ4n) is 5.74. The molecule has 0 radical (unpaired) electrons. The number of ether oxygens (including phenoxy) is 8. The number of fused-ring (bicyclic) bond motifs is 2. The first-order valence-electron chi connectivity index (χ1n) is 15.5. The molecule has 1 saturated heterocycles. The average molecular weight is 638 g/mol. The maximum atomic E-state index is 11.7. The van der Waals surface area contributed by atoms with Crippen LogP contribution in [0.2, 0.25) is 0 Å². The highest BCUT2D eigenvalue weighted by Gasteiger charge is 2.46. The number of hydrogen-bond donors (Lipinski definition) is 0. The number of aryl methyl sites for hydroxylation is 1. The number of carbonyl (C=O) groups is 1. The molecule has 3 heterocycles. The Morgan fingerprint density at radius 3 is 2.28 bits per heavy atom. The standard InChI is InChI=1S/C37H35NO9/c1-3-40-35(39)22-42-29-12-9-26(10-13-29)19-37(46-24-47-37)38-32-15-14-30(41-20-27-7-5-4-6-8-27)18-31(32)25(2)36(38)43-21-28-11-16-33-34(17-28)45-23-44-33/h4-18H,3,19-24H2,1-2H3. The second-order valence-electron chi connectivity index (χ2n) is 11.2. The van der Waals surface area contributed by atoms with Gasteiger partial charge >= 0.3 is 5.97 Å². The lowest BCUT2D eigenvalue weighted by atomic mass is 10.1. The minimum Gasteiger partial charge on any atom is -0.489 e. The zero-order valence-electron chi connectivity index (χ0n) is 26.2. The molecule has 10 nitrogen and oxygen atoms in total.